The quantitative estimate of drug-likeness (QED) is 0.824. The summed E-state index contributed by atoms with van der Waals surface area (Å²) >= 11 is 0. The largest absolute Gasteiger partial charge is 0.376 e. The van der Waals surface area contributed by atoms with Gasteiger partial charge >= 0.3 is 0 Å². The van der Waals surface area contributed by atoms with Crippen molar-refractivity contribution in [1.29, 1.82) is 0 Å². The van der Waals surface area contributed by atoms with Crippen molar-refractivity contribution in [2.45, 2.75) is 39.0 Å². The molecule has 0 atom stereocenters. The lowest BCUT2D eigenvalue weighted by Crippen LogP contribution is -2.38. The van der Waals surface area contributed by atoms with E-state index in [9.17, 15) is 4.79 Å². The number of para-hydroxylation sites is 1. The molecule has 1 fully saturated rings. The van der Waals surface area contributed by atoms with Gasteiger partial charge in [0.1, 0.15) is 0 Å². The summed E-state index contributed by atoms with van der Waals surface area (Å²) in [4.78, 5) is 11.9. The minimum Gasteiger partial charge on any atom is -0.376 e. The van der Waals surface area contributed by atoms with Crippen LogP contribution in [0.5, 0.6) is 0 Å². The Bertz CT molecular complexity index is 396. The second kappa shape index (κ2) is 6.60. The zero-order valence-corrected chi connectivity index (χ0v) is 11.7. The molecule has 3 nitrogen and oxygen atoms in total. The fourth-order valence-corrected chi connectivity index (χ4v) is 2.87. The zero-order valence-electron chi connectivity index (χ0n) is 11.7. The van der Waals surface area contributed by atoms with Crippen LogP contribution in [0.25, 0.3) is 0 Å². The van der Waals surface area contributed by atoms with Gasteiger partial charge < -0.3 is 10.6 Å². The summed E-state index contributed by atoms with van der Waals surface area (Å²) in [5.74, 6) is 0.0866. The van der Waals surface area contributed by atoms with E-state index in [0.29, 0.717) is 12.0 Å². The van der Waals surface area contributed by atoms with Crippen molar-refractivity contribution in [3.05, 3.63) is 30.3 Å². The van der Waals surface area contributed by atoms with Crippen LogP contribution in [0.15, 0.2) is 30.3 Å². The maximum Gasteiger partial charge on any atom is 0.239 e. The summed E-state index contributed by atoms with van der Waals surface area (Å²) in [5, 5.41) is 6.22. The smallest absolute Gasteiger partial charge is 0.239 e. The normalized spacial score (nSPS) is 17.1. The van der Waals surface area contributed by atoms with Crippen molar-refractivity contribution in [2.24, 2.45) is 5.41 Å². The summed E-state index contributed by atoms with van der Waals surface area (Å²) in [6.45, 7) is 3.42. The molecular formula is C16H24N2O. The Labute approximate surface area is 115 Å². The number of amides is 1. The fourth-order valence-electron chi connectivity index (χ4n) is 2.87. The lowest BCUT2D eigenvalue weighted by atomic mass is 9.83. The summed E-state index contributed by atoms with van der Waals surface area (Å²) < 4.78 is 0. The topological polar surface area (TPSA) is 41.1 Å². The molecule has 0 bridgehead atoms. The zero-order chi connectivity index (χ0) is 13.6. The van der Waals surface area contributed by atoms with Gasteiger partial charge in [0.2, 0.25) is 5.91 Å². The molecule has 1 saturated carbocycles. The molecule has 0 aromatic heterocycles. The molecule has 0 heterocycles. The summed E-state index contributed by atoms with van der Waals surface area (Å²) in [5.41, 5.74) is 1.35. The van der Waals surface area contributed by atoms with Crippen LogP contribution in [0.2, 0.25) is 0 Å². The van der Waals surface area contributed by atoms with Gasteiger partial charge in [-0.05, 0) is 36.8 Å². The van der Waals surface area contributed by atoms with Crippen molar-refractivity contribution in [3.63, 3.8) is 0 Å². The molecule has 2 N–H and O–H groups in total. The Morgan fingerprint density at radius 1 is 1.21 bits per heavy atom. The van der Waals surface area contributed by atoms with Crippen molar-refractivity contribution in [2.75, 3.05) is 18.4 Å². The highest BCUT2D eigenvalue weighted by Gasteiger charge is 2.31. The van der Waals surface area contributed by atoms with Crippen molar-refractivity contribution in [3.8, 4) is 0 Å². The fraction of sp³-hybridized carbons (Fsp3) is 0.562. The van der Waals surface area contributed by atoms with Crippen LogP contribution in [-0.2, 0) is 4.79 Å². The SMILES string of the molecule is CCC1(CNC(=O)CNc2ccccc2)CCCC1. The average Bonchev–Trinajstić information content (AvgIpc) is 2.93. The monoisotopic (exact) mass is 260 g/mol. The summed E-state index contributed by atoms with van der Waals surface area (Å²) in [6.07, 6.45) is 6.31. The van der Waals surface area contributed by atoms with Crippen molar-refractivity contribution < 1.29 is 4.79 Å². The van der Waals surface area contributed by atoms with Gasteiger partial charge in [-0.15, -0.1) is 0 Å². The van der Waals surface area contributed by atoms with E-state index in [4.69, 9.17) is 0 Å². The second-order valence-corrected chi connectivity index (χ2v) is 5.56. The van der Waals surface area contributed by atoms with Gasteiger partial charge in [0, 0.05) is 12.2 Å². The van der Waals surface area contributed by atoms with Crippen LogP contribution in [0.1, 0.15) is 39.0 Å². The third-order valence-electron chi connectivity index (χ3n) is 4.30. The molecule has 1 aromatic carbocycles. The van der Waals surface area contributed by atoms with E-state index in [1.165, 1.54) is 32.1 Å². The van der Waals surface area contributed by atoms with E-state index in [2.05, 4.69) is 17.6 Å². The molecule has 1 aliphatic carbocycles. The maximum atomic E-state index is 11.9. The highest BCUT2D eigenvalue weighted by atomic mass is 16.1. The first kappa shape index (κ1) is 13.9. The number of anilines is 1. The average molecular weight is 260 g/mol. The van der Waals surface area contributed by atoms with Gasteiger partial charge in [0.05, 0.1) is 6.54 Å². The van der Waals surface area contributed by atoms with Gasteiger partial charge in [0.25, 0.3) is 0 Å². The Hall–Kier alpha value is -1.51. The highest BCUT2D eigenvalue weighted by molar-refractivity contribution is 5.80. The van der Waals surface area contributed by atoms with Crippen LogP contribution in [0.4, 0.5) is 5.69 Å². The molecule has 1 amide bonds. The van der Waals surface area contributed by atoms with Crippen LogP contribution in [0.3, 0.4) is 0 Å². The first-order chi connectivity index (χ1) is 9.24. The first-order valence-electron chi connectivity index (χ1n) is 7.30. The number of carbonyl (C=O) groups is 1. The number of carbonyl (C=O) groups excluding carboxylic acids is 1. The van der Waals surface area contributed by atoms with Gasteiger partial charge in [-0.25, -0.2) is 0 Å². The van der Waals surface area contributed by atoms with E-state index in [1.807, 2.05) is 30.3 Å². The molecule has 0 aliphatic heterocycles. The molecular weight excluding hydrogens is 236 g/mol. The van der Waals surface area contributed by atoms with Crippen molar-refractivity contribution in [1.82, 2.24) is 5.32 Å². The molecule has 0 unspecified atom stereocenters. The lowest BCUT2D eigenvalue weighted by Gasteiger charge is -2.27. The van der Waals surface area contributed by atoms with Crippen LogP contribution in [-0.4, -0.2) is 19.0 Å². The van der Waals surface area contributed by atoms with Crippen LogP contribution >= 0.6 is 0 Å². The number of hydrogen-bond donors (Lipinski definition) is 2. The Morgan fingerprint density at radius 2 is 1.89 bits per heavy atom. The molecule has 0 saturated heterocycles. The minimum absolute atomic E-state index is 0.0866. The lowest BCUT2D eigenvalue weighted by molar-refractivity contribution is -0.119. The van der Waals surface area contributed by atoms with Gasteiger partial charge in [0.15, 0.2) is 0 Å². The molecule has 1 aliphatic rings. The molecule has 19 heavy (non-hydrogen) atoms. The molecule has 0 spiro atoms. The standard InChI is InChI=1S/C16H24N2O/c1-2-16(10-6-7-11-16)13-18-15(19)12-17-14-8-4-3-5-9-14/h3-5,8-9,17H,2,6-7,10-13H2,1H3,(H,18,19). The van der Waals surface area contributed by atoms with Gasteiger partial charge in [-0.1, -0.05) is 38.0 Å². The summed E-state index contributed by atoms with van der Waals surface area (Å²) in [6, 6.07) is 9.83. The Balaban J connectivity index is 1.72. The molecule has 104 valence electrons. The highest BCUT2D eigenvalue weighted by Crippen LogP contribution is 2.40. The van der Waals surface area contributed by atoms with Gasteiger partial charge in [-0.3, -0.25) is 4.79 Å². The van der Waals surface area contributed by atoms with Gasteiger partial charge in [-0.2, -0.15) is 0 Å². The number of hydrogen-bond acceptors (Lipinski definition) is 2. The van der Waals surface area contributed by atoms with E-state index in [0.717, 1.165) is 12.2 Å². The third kappa shape index (κ3) is 3.98. The number of rotatable bonds is 6. The van der Waals surface area contributed by atoms with Crippen molar-refractivity contribution >= 4 is 11.6 Å². The van der Waals surface area contributed by atoms with E-state index < -0.39 is 0 Å². The Morgan fingerprint density at radius 3 is 2.53 bits per heavy atom. The summed E-state index contributed by atoms with van der Waals surface area (Å²) in [7, 11) is 0. The molecule has 0 radical (unpaired) electrons. The number of nitrogens with one attached hydrogen (secondary N) is 2. The Kier molecular flexibility index (Phi) is 4.83. The predicted molar refractivity (Wildman–Crippen MR) is 79.1 cm³/mol. The van der Waals surface area contributed by atoms with Crippen LogP contribution in [0, 0.1) is 5.41 Å². The van der Waals surface area contributed by atoms with Crippen LogP contribution < -0.4 is 10.6 Å². The number of benzene rings is 1. The van der Waals surface area contributed by atoms with E-state index >= 15 is 0 Å². The molecule has 2 rings (SSSR count). The second-order valence-electron chi connectivity index (χ2n) is 5.56. The predicted octanol–water partition coefficient (Wildman–Crippen LogP) is 3.19. The molecule has 1 aromatic rings. The van der Waals surface area contributed by atoms with E-state index in [1.54, 1.807) is 0 Å². The third-order valence-corrected chi connectivity index (χ3v) is 4.30. The van der Waals surface area contributed by atoms with E-state index in [-0.39, 0.29) is 5.91 Å². The first-order valence-corrected chi connectivity index (χ1v) is 7.30. The molecule has 3 heteroatoms. The minimum atomic E-state index is 0.0866. The maximum absolute atomic E-state index is 11.9.